The normalized spacial score (nSPS) is 14.7. The molecule has 0 bridgehead atoms. The summed E-state index contributed by atoms with van der Waals surface area (Å²) in [6.45, 7) is 7.64. The van der Waals surface area contributed by atoms with Crippen LogP contribution in [0, 0.1) is 11.8 Å². The number of primary amides is 1. The molecule has 0 aliphatic carbocycles. The molecular weight excluding hydrogens is 444 g/mol. The number of nitrogens with one attached hydrogen (secondary N) is 3. The molecule has 12 heteroatoms. The van der Waals surface area contributed by atoms with E-state index in [0.717, 1.165) is 6.42 Å². The number of carbonyl (C=O) groups is 5. The molecule has 34 heavy (non-hydrogen) atoms. The van der Waals surface area contributed by atoms with Gasteiger partial charge in [0.25, 0.3) is 0 Å². The van der Waals surface area contributed by atoms with E-state index < -0.39 is 53.8 Å². The fourth-order valence-electron chi connectivity index (χ4n) is 3.22. The van der Waals surface area contributed by atoms with E-state index in [-0.39, 0.29) is 24.7 Å². The minimum atomic E-state index is -1.34. The fraction of sp³-hybridized carbons (Fsp3) is 0.773. The summed E-state index contributed by atoms with van der Waals surface area (Å²) in [5, 5.41) is 17.0. The summed E-state index contributed by atoms with van der Waals surface area (Å²) in [6.07, 6.45) is 1.77. The Morgan fingerprint density at radius 1 is 0.824 bits per heavy atom. The third-order valence-electron chi connectivity index (χ3n) is 5.19. The van der Waals surface area contributed by atoms with Crippen molar-refractivity contribution in [3.63, 3.8) is 0 Å². The van der Waals surface area contributed by atoms with Crippen LogP contribution in [-0.2, 0) is 24.0 Å². The van der Waals surface area contributed by atoms with Crippen LogP contribution in [0.15, 0.2) is 0 Å². The van der Waals surface area contributed by atoms with Crippen LogP contribution in [0.4, 0.5) is 0 Å². The number of hydrogen-bond donors (Lipinski definition) is 7. The predicted molar refractivity (Wildman–Crippen MR) is 127 cm³/mol. The summed E-state index contributed by atoms with van der Waals surface area (Å²) < 4.78 is 0. The van der Waals surface area contributed by atoms with E-state index in [1.54, 1.807) is 13.8 Å². The van der Waals surface area contributed by atoms with Gasteiger partial charge in [0.1, 0.15) is 18.1 Å². The van der Waals surface area contributed by atoms with Gasteiger partial charge in [-0.3, -0.25) is 19.2 Å². The maximum atomic E-state index is 13.0. The van der Waals surface area contributed by atoms with E-state index in [9.17, 15) is 29.1 Å². The first-order chi connectivity index (χ1) is 15.8. The second kappa shape index (κ2) is 16.0. The molecule has 0 fully saturated rings. The minimum absolute atomic E-state index is 0.0565. The van der Waals surface area contributed by atoms with E-state index in [2.05, 4.69) is 16.0 Å². The minimum Gasteiger partial charge on any atom is -0.480 e. The molecule has 0 aromatic carbocycles. The molecule has 0 saturated carbocycles. The van der Waals surface area contributed by atoms with Crippen molar-refractivity contribution in [1.82, 2.24) is 16.0 Å². The van der Waals surface area contributed by atoms with E-state index in [4.69, 9.17) is 17.2 Å². The standard InChI is InChI=1S/C22H42N6O6/c1-12(2)11-16(27-19(30)14(24)7-5-6-10-23)20(31)28-18(13(3)4)21(32)26-15(22(33)34)8-9-17(25)29/h12-16,18H,5-11,23-24H2,1-4H3,(H2,25,29)(H,26,32)(H,27,30)(H,28,31)(H,33,34). The van der Waals surface area contributed by atoms with Gasteiger partial charge in [-0.1, -0.05) is 34.1 Å². The van der Waals surface area contributed by atoms with Crippen LogP contribution in [0.1, 0.15) is 66.2 Å². The topological polar surface area (TPSA) is 220 Å². The molecule has 4 amide bonds. The molecule has 4 atom stereocenters. The van der Waals surface area contributed by atoms with Gasteiger partial charge in [0.2, 0.25) is 23.6 Å². The van der Waals surface area contributed by atoms with Crippen LogP contribution in [0.25, 0.3) is 0 Å². The van der Waals surface area contributed by atoms with Crippen molar-refractivity contribution in [2.75, 3.05) is 6.54 Å². The van der Waals surface area contributed by atoms with Gasteiger partial charge in [-0.05, 0) is 44.1 Å². The van der Waals surface area contributed by atoms with Gasteiger partial charge in [0.15, 0.2) is 0 Å². The van der Waals surface area contributed by atoms with E-state index in [0.29, 0.717) is 25.8 Å². The number of carbonyl (C=O) groups excluding carboxylic acids is 4. The highest BCUT2D eigenvalue weighted by molar-refractivity contribution is 5.94. The number of aliphatic carboxylic acids is 1. The van der Waals surface area contributed by atoms with Crippen LogP contribution in [-0.4, -0.2) is 65.4 Å². The zero-order valence-corrected chi connectivity index (χ0v) is 20.6. The van der Waals surface area contributed by atoms with E-state index in [1.807, 2.05) is 13.8 Å². The lowest BCUT2D eigenvalue weighted by atomic mass is 9.99. The third kappa shape index (κ3) is 12.5. The Balaban J connectivity index is 5.35. The van der Waals surface area contributed by atoms with Crippen molar-refractivity contribution in [3.8, 4) is 0 Å². The highest BCUT2D eigenvalue weighted by Gasteiger charge is 2.32. The molecule has 0 spiro atoms. The summed E-state index contributed by atoms with van der Waals surface area (Å²) in [5.74, 6) is -4.10. The zero-order chi connectivity index (χ0) is 26.4. The largest absolute Gasteiger partial charge is 0.480 e. The maximum Gasteiger partial charge on any atom is 0.326 e. The van der Waals surface area contributed by atoms with Crippen LogP contribution < -0.4 is 33.2 Å². The molecule has 0 aromatic rings. The molecule has 0 aliphatic rings. The predicted octanol–water partition coefficient (Wildman–Crippen LogP) is -1.05. The highest BCUT2D eigenvalue weighted by Crippen LogP contribution is 2.10. The first-order valence-corrected chi connectivity index (χ1v) is 11.7. The Morgan fingerprint density at radius 2 is 1.41 bits per heavy atom. The van der Waals surface area contributed by atoms with Crippen molar-refractivity contribution in [2.45, 2.75) is 90.4 Å². The van der Waals surface area contributed by atoms with Gasteiger partial charge in [-0.25, -0.2) is 4.79 Å². The number of nitrogens with two attached hydrogens (primary N) is 3. The van der Waals surface area contributed by atoms with Crippen molar-refractivity contribution >= 4 is 29.6 Å². The van der Waals surface area contributed by atoms with Gasteiger partial charge in [0, 0.05) is 6.42 Å². The summed E-state index contributed by atoms with van der Waals surface area (Å²) in [7, 11) is 0. The van der Waals surface area contributed by atoms with Crippen molar-refractivity contribution in [3.05, 3.63) is 0 Å². The highest BCUT2D eigenvalue weighted by atomic mass is 16.4. The molecule has 0 radical (unpaired) electrons. The number of amides is 4. The number of hydrogen-bond acceptors (Lipinski definition) is 7. The number of unbranched alkanes of at least 4 members (excludes halogenated alkanes) is 1. The second-order valence-electron chi connectivity index (χ2n) is 9.22. The van der Waals surface area contributed by atoms with E-state index in [1.165, 1.54) is 0 Å². The van der Waals surface area contributed by atoms with Crippen LogP contribution in [0.3, 0.4) is 0 Å². The average molecular weight is 487 g/mol. The lowest BCUT2D eigenvalue weighted by Crippen LogP contribution is -2.58. The lowest BCUT2D eigenvalue weighted by molar-refractivity contribution is -0.143. The van der Waals surface area contributed by atoms with Gasteiger partial charge in [-0.2, -0.15) is 0 Å². The number of carboxylic acids is 1. The van der Waals surface area contributed by atoms with Gasteiger partial charge >= 0.3 is 5.97 Å². The van der Waals surface area contributed by atoms with Gasteiger partial charge < -0.3 is 38.3 Å². The SMILES string of the molecule is CC(C)CC(NC(=O)C(N)CCCCN)C(=O)NC(C(=O)NC(CCC(N)=O)C(=O)O)C(C)C. The Kier molecular flexibility index (Phi) is 14.7. The molecule has 10 N–H and O–H groups in total. The molecule has 196 valence electrons. The smallest absolute Gasteiger partial charge is 0.326 e. The zero-order valence-electron chi connectivity index (χ0n) is 20.6. The number of carboxylic acid groups (broad SMARTS) is 1. The second-order valence-corrected chi connectivity index (χ2v) is 9.22. The van der Waals surface area contributed by atoms with Crippen molar-refractivity contribution in [2.24, 2.45) is 29.0 Å². The summed E-state index contributed by atoms with van der Waals surface area (Å²) in [4.78, 5) is 60.7. The Hall–Kier alpha value is -2.73. The molecule has 0 aromatic heterocycles. The molecule has 12 nitrogen and oxygen atoms in total. The van der Waals surface area contributed by atoms with Crippen LogP contribution in [0.2, 0.25) is 0 Å². The molecule has 0 rings (SSSR count). The monoisotopic (exact) mass is 486 g/mol. The van der Waals surface area contributed by atoms with Crippen LogP contribution in [0.5, 0.6) is 0 Å². The lowest BCUT2D eigenvalue weighted by Gasteiger charge is -2.27. The van der Waals surface area contributed by atoms with Crippen molar-refractivity contribution < 1.29 is 29.1 Å². The van der Waals surface area contributed by atoms with Gasteiger partial charge in [0.05, 0.1) is 6.04 Å². The molecule has 0 heterocycles. The van der Waals surface area contributed by atoms with Gasteiger partial charge in [-0.15, -0.1) is 0 Å². The fourth-order valence-corrected chi connectivity index (χ4v) is 3.22. The summed E-state index contributed by atoms with van der Waals surface area (Å²) in [5.41, 5.74) is 16.5. The van der Waals surface area contributed by atoms with Crippen molar-refractivity contribution in [1.29, 1.82) is 0 Å². The quantitative estimate of drug-likeness (QED) is 0.125. The first-order valence-electron chi connectivity index (χ1n) is 11.7. The Bertz CT molecular complexity index is 699. The molecular formula is C22H42N6O6. The summed E-state index contributed by atoms with van der Waals surface area (Å²) >= 11 is 0. The van der Waals surface area contributed by atoms with Crippen LogP contribution >= 0.6 is 0 Å². The molecule has 4 unspecified atom stereocenters. The maximum absolute atomic E-state index is 13.0. The van der Waals surface area contributed by atoms with E-state index >= 15 is 0 Å². The molecule has 0 aliphatic heterocycles. The average Bonchev–Trinajstić information content (AvgIpc) is 2.73. The Morgan fingerprint density at radius 3 is 1.88 bits per heavy atom. The Labute approximate surface area is 201 Å². The number of rotatable bonds is 17. The summed E-state index contributed by atoms with van der Waals surface area (Å²) in [6, 6.07) is -4.12. The first kappa shape index (κ1) is 31.3. The molecule has 0 saturated heterocycles. The third-order valence-corrected chi connectivity index (χ3v) is 5.19.